The molecule has 26 heavy (non-hydrogen) atoms. The maximum Gasteiger partial charge on any atom is 0.282 e. The summed E-state index contributed by atoms with van der Waals surface area (Å²) in [5.41, 5.74) is 1.82. The van der Waals surface area contributed by atoms with Crippen LogP contribution in [0.1, 0.15) is 16.1 Å². The van der Waals surface area contributed by atoms with Crippen molar-refractivity contribution in [3.05, 3.63) is 87.3 Å². The molecule has 0 aliphatic carbocycles. The molecule has 0 fully saturated rings. The number of amides is 1. The van der Waals surface area contributed by atoms with Gasteiger partial charge in [0, 0.05) is 16.7 Å². The van der Waals surface area contributed by atoms with Crippen molar-refractivity contribution in [2.75, 3.05) is 0 Å². The quantitative estimate of drug-likeness (QED) is 0.547. The molecule has 8 heteroatoms. The van der Waals surface area contributed by atoms with Crippen molar-refractivity contribution in [1.82, 2.24) is 15.3 Å². The minimum atomic E-state index is -0.622. The van der Waals surface area contributed by atoms with Crippen LogP contribution in [0.2, 0.25) is 5.02 Å². The molecule has 0 spiro atoms. The van der Waals surface area contributed by atoms with Crippen LogP contribution in [0.3, 0.4) is 0 Å². The summed E-state index contributed by atoms with van der Waals surface area (Å²) in [6.45, 7) is 0.102. The van der Waals surface area contributed by atoms with Gasteiger partial charge in [0.1, 0.15) is 11.9 Å². The molecule has 3 rings (SSSR count). The zero-order chi connectivity index (χ0) is 18.5. The highest BCUT2D eigenvalue weighted by Crippen LogP contribution is 2.23. The van der Waals surface area contributed by atoms with Gasteiger partial charge in [-0.25, -0.2) is 9.97 Å². The van der Waals surface area contributed by atoms with Crippen molar-refractivity contribution in [2.24, 2.45) is 0 Å². The lowest BCUT2D eigenvalue weighted by molar-refractivity contribution is -0.385. The number of hydrogen-bond acceptors (Lipinski definition) is 5. The standard InChI is InChI=1S/C18H13ClN4O3/c19-13-6-7-17(23(25)26)15(8-13)18(24)20-10-14-9-16(22-11-21-14)12-4-2-1-3-5-12/h1-9,11H,10H2,(H,20,24). The summed E-state index contributed by atoms with van der Waals surface area (Å²) in [5.74, 6) is -0.598. The number of nitro benzene ring substituents is 1. The third kappa shape index (κ3) is 4.01. The van der Waals surface area contributed by atoms with E-state index in [2.05, 4.69) is 15.3 Å². The van der Waals surface area contributed by atoms with Crippen LogP contribution >= 0.6 is 11.6 Å². The highest BCUT2D eigenvalue weighted by Gasteiger charge is 2.20. The van der Waals surface area contributed by atoms with Crippen LogP contribution in [0.4, 0.5) is 5.69 Å². The molecule has 0 radical (unpaired) electrons. The van der Waals surface area contributed by atoms with Crippen molar-refractivity contribution in [3.63, 3.8) is 0 Å². The fourth-order valence-electron chi connectivity index (χ4n) is 2.38. The number of nitrogens with zero attached hydrogens (tertiary/aromatic N) is 3. The van der Waals surface area contributed by atoms with E-state index >= 15 is 0 Å². The number of aromatic nitrogens is 2. The topological polar surface area (TPSA) is 98.0 Å². The molecule has 3 aromatic rings. The molecule has 1 heterocycles. The smallest absolute Gasteiger partial charge is 0.282 e. The Bertz CT molecular complexity index is 964. The molecule has 0 aliphatic heterocycles. The molecule has 1 aromatic heterocycles. The Morgan fingerprint density at radius 3 is 2.62 bits per heavy atom. The lowest BCUT2D eigenvalue weighted by Crippen LogP contribution is -2.24. The van der Waals surface area contributed by atoms with Crippen LogP contribution in [0.25, 0.3) is 11.3 Å². The number of nitrogens with one attached hydrogen (secondary N) is 1. The maximum atomic E-state index is 12.3. The molecule has 0 saturated heterocycles. The highest BCUT2D eigenvalue weighted by molar-refractivity contribution is 6.31. The van der Waals surface area contributed by atoms with E-state index in [1.165, 1.54) is 24.5 Å². The first-order valence-electron chi connectivity index (χ1n) is 7.63. The predicted molar refractivity (Wildman–Crippen MR) is 96.7 cm³/mol. The van der Waals surface area contributed by atoms with Gasteiger partial charge in [-0.15, -0.1) is 0 Å². The highest BCUT2D eigenvalue weighted by atomic mass is 35.5. The third-order valence-electron chi connectivity index (χ3n) is 3.62. The van der Waals surface area contributed by atoms with Gasteiger partial charge in [0.2, 0.25) is 0 Å². The van der Waals surface area contributed by atoms with E-state index in [1.54, 1.807) is 6.07 Å². The largest absolute Gasteiger partial charge is 0.346 e. The number of benzene rings is 2. The van der Waals surface area contributed by atoms with Crippen LogP contribution in [-0.2, 0) is 6.54 Å². The molecule has 0 atom stereocenters. The Morgan fingerprint density at radius 1 is 1.12 bits per heavy atom. The van der Waals surface area contributed by atoms with Crippen molar-refractivity contribution in [2.45, 2.75) is 6.54 Å². The number of carbonyl (C=O) groups excluding carboxylic acids is 1. The molecular weight excluding hydrogens is 356 g/mol. The van der Waals surface area contributed by atoms with Gasteiger partial charge in [-0.05, 0) is 18.2 Å². The first-order chi connectivity index (χ1) is 12.5. The van der Waals surface area contributed by atoms with Crippen molar-refractivity contribution in [3.8, 4) is 11.3 Å². The van der Waals surface area contributed by atoms with E-state index in [9.17, 15) is 14.9 Å². The van der Waals surface area contributed by atoms with Crippen LogP contribution in [0.15, 0.2) is 60.9 Å². The first kappa shape index (κ1) is 17.5. The molecule has 7 nitrogen and oxygen atoms in total. The van der Waals surface area contributed by atoms with Crippen LogP contribution in [0, 0.1) is 10.1 Å². The van der Waals surface area contributed by atoms with Gasteiger partial charge in [-0.3, -0.25) is 14.9 Å². The van der Waals surface area contributed by atoms with E-state index in [-0.39, 0.29) is 22.8 Å². The molecule has 0 aliphatic rings. The summed E-state index contributed by atoms with van der Waals surface area (Å²) in [7, 11) is 0. The fraction of sp³-hybridized carbons (Fsp3) is 0.0556. The zero-order valence-corrected chi connectivity index (χ0v) is 14.2. The maximum absolute atomic E-state index is 12.3. The average molecular weight is 369 g/mol. The second-order valence-electron chi connectivity index (χ2n) is 5.36. The molecule has 1 amide bonds. The summed E-state index contributed by atoms with van der Waals surface area (Å²) in [6.07, 6.45) is 1.41. The third-order valence-corrected chi connectivity index (χ3v) is 3.86. The van der Waals surface area contributed by atoms with Crippen molar-refractivity contribution in [1.29, 1.82) is 0 Å². The summed E-state index contributed by atoms with van der Waals surface area (Å²) in [4.78, 5) is 31.1. The van der Waals surface area contributed by atoms with Gasteiger partial charge < -0.3 is 5.32 Å². The van der Waals surface area contributed by atoms with E-state index in [1.807, 2.05) is 30.3 Å². The van der Waals surface area contributed by atoms with Crippen molar-refractivity contribution >= 4 is 23.2 Å². The Kier molecular flexibility index (Phi) is 5.19. The molecule has 0 unspecified atom stereocenters. The Hall–Kier alpha value is -3.32. The van der Waals surface area contributed by atoms with Gasteiger partial charge in [0.25, 0.3) is 11.6 Å². The Morgan fingerprint density at radius 2 is 1.88 bits per heavy atom. The predicted octanol–water partition coefficient (Wildman–Crippen LogP) is 3.64. The van der Waals surface area contributed by atoms with E-state index in [0.29, 0.717) is 5.69 Å². The van der Waals surface area contributed by atoms with Crippen LogP contribution < -0.4 is 5.32 Å². The normalized spacial score (nSPS) is 10.3. The zero-order valence-electron chi connectivity index (χ0n) is 13.4. The molecule has 0 bridgehead atoms. The monoisotopic (exact) mass is 368 g/mol. The van der Waals surface area contributed by atoms with Gasteiger partial charge in [0.15, 0.2) is 0 Å². The first-order valence-corrected chi connectivity index (χ1v) is 8.01. The number of rotatable bonds is 5. The van der Waals surface area contributed by atoms with Crippen LogP contribution in [0.5, 0.6) is 0 Å². The lowest BCUT2D eigenvalue weighted by Gasteiger charge is -2.07. The summed E-state index contributed by atoms with van der Waals surface area (Å²) in [6, 6.07) is 15.1. The molecular formula is C18H13ClN4O3. The van der Waals surface area contributed by atoms with E-state index in [4.69, 9.17) is 11.6 Å². The summed E-state index contributed by atoms with van der Waals surface area (Å²) < 4.78 is 0. The molecule has 2 aromatic carbocycles. The van der Waals surface area contributed by atoms with Crippen LogP contribution in [-0.4, -0.2) is 20.8 Å². The van der Waals surface area contributed by atoms with Gasteiger partial charge in [0.05, 0.1) is 22.9 Å². The summed E-state index contributed by atoms with van der Waals surface area (Å²) in [5, 5.41) is 13.9. The number of hydrogen-bond donors (Lipinski definition) is 1. The van der Waals surface area contributed by atoms with E-state index < -0.39 is 10.8 Å². The minimum Gasteiger partial charge on any atom is -0.346 e. The number of carbonyl (C=O) groups is 1. The number of nitro groups is 1. The van der Waals surface area contributed by atoms with Crippen molar-refractivity contribution < 1.29 is 9.72 Å². The Balaban J connectivity index is 1.77. The molecule has 0 saturated carbocycles. The number of halogens is 1. The second kappa shape index (κ2) is 7.71. The SMILES string of the molecule is O=C(NCc1cc(-c2ccccc2)ncn1)c1cc(Cl)ccc1[N+](=O)[O-]. The molecule has 130 valence electrons. The second-order valence-corrected chi connectivity index (χ2v) is 5.80. The van der Waals surface area contributed by atoms with Gasteiger partial charge in [-0.1, -0.05) is 41.9 Å². The van der Waals surface area contributed by atoms with Gasteiger partial charge in [-0.2, -0.15) is 0 Å². The van der Waals surface area contributed by atoms with E-state index in [0.717, 1.165) is 11.3 Å². The van der Waals surface area contributed by atoms with Gasteiger partial charge >= 0.3 is 0 Å². The Labute approximate surface area is 153 Å². The lowest BCUT2D eigenvalue weighted by atomic mass is 10.1. The summed E-state index contributed by atoms with van der Waals surface area (Å²) >= 11 is 5.85. The molecule has 1 N–H and O–H groups in total. The average Bonchev–Trinajstić information content (AvgIpc) is 2.66. The minimum absolute atomic E-state index is 0.0974. The fourth-order valence-corrected chi connectivity index (χ4v) is 2.55.